The highest BCUT2D eigenvalue weighted by atomic mass is 16.5. The molecule has 2 atom stereocenters. The molecule has 1 aliphatic rings. The fourth-order valence-electron chi connectivity index (χ4n) is 2.20. The van der Waals surface area contributed by atoms with Crippen LogP contribution in [-0.2, 0) is 14.3 Å². The maximum Gasteiger partial charge on any atom is 0.222 e. The molecule has 2 unspecified atom stereocenters. The monoisotopic (exact) mass is 244 g/mol. The molecule has 0 aromatic carbocycles. The second-order valence-electron chi connectivity index (χ2n) is 4.46. The minimum absolute atomic E-state index is 0.0627. The van der Waals surface area contributed by atoms with Gasteiger partial charge in [-0.05, 0) is 25.3 Å². The summed E-state index contributed by atoms with van der Waals surface area (Å²) in [5.74, 6) is 0.515. The Bertz CT molecular complexity index is 224. The van der Waals surface area contributed by atoms with E-state index in [9.17, 15) is 4.79 Å². The Morgan fingerprint density at radius 3 is 2.88 bits per heavy atom. The quantitative estimate of drug-likeness (QED) is 0.602. The maximum absolute atomic E-state index is 11.6. The average molecular weight is 244 g/mol. The van der Waals surface area contributed by atoms with Crippen LogP contribution in [0, 0.1) is 5.92 Å². The van der Waals surface area contributed by atoms with E-state index in [4.69, 9.17) is 15.2 Å². The van der Waals surface area contributed by atoms with E-state index in [1.54, 1.807) is 7.11 Å². The lowest BCUT2D eigenvalue weighted by molar-refractivity contribution is -0.123. The van der Waals surface area contributed by atoms with Crippen LogP contribution < -0.4 is 11.1 Å². The fourth-order valence-corrected chi connectivity index (χ4v) is 2.20. The lowest BCUT2D eigenvalue weighted by Crippen LogP contribution is -2.40. The molecule has 1 fully saturated rings. The molecule has 0 spiro atoms. The molecule has 3 N–H and O–H groups in total. The zero-order chi connectivity index (χ0) is 12.5. The third-order valence-corrected chi connectivity index (χ3v) is 3.21. The summed E-state index contributed by atoms with van der Waals surface area (Å²) < 4.78 is 10.1. The molecule has 0 aromatic rings. The van der Waals surface area contributed by atoms with E-state index >= 15 is 0 Å². The smallest absolute Gasteiger partial charge is 0.222 e. The lowest BCUT2D eigenvalue weighted by Gasteiger charge is -2.19. The van der Waals surface area contributed by atoms with Crippen molar-refractivity contribution < 1.29 is 14.3 Å². The summed E-state index contributed by atoms with van der Waals surface area (Å²) in [6.45, 7) is 2.22. The summed E-state index contributed by atoms with van der Waals surface area (Å²) in [6, 6.07) is 0.270. The molecule has 0 heterocycles. The summed E-state index contributed by atoms with van der Waals surface area (Å²) >= 11 is 0. The van der Waals surface area contributed by atoms with Crippen molar-refractivity contribution in [2.24, 2.45) is 11.7 Å². The van der Waals surface area contributed by atoms with Gasteiger partial charge in [0, 0.05) is 19.6 Å². The number of rotatable bonds is 8. The zero-order valence-electron chi connectivity index (χ0n) is 10.6. The number of carbonyl (C=O) groups excluding carboxylic acids is 1. The molecule has 0 radical (unpaired) electrons. The fraction of sp³-hybridized carbons (Fsp3) is 0.917. The van der Waals surface area contributed by atoms with E-state index in [1.165, 1.54) is 0 Å². The third-order valence-electron chi connectivity index (χ3n) is 3.21. The summed E-state index contributed by atoms with van der Waals surface area (Å²) in [5, 5.41) is 3.04. The first-order chi connectivity index (χ1) is 8.27. The Hall–Kier alpha value is -0.650. The van der Waals surface area contributed by atoms with Gasteiger partial charge in [-0.3, -0.25) is 4.79 Å². The highest BCUT2D eigenvalue weighted by Gasteiger charge is 2.26. The predicted molar refractivity (Wildman–Crippen MR) is 65.6 cm³/mol. The van der Waals surface area contributed by atoms with Gasteiger partial charge in [0.05, 0.1) is 19.8 Å². The summed E-state index contributed by atoms with van der Waals surface area (Å²) in [5.41, 5.74) is 5.67. The van der Waals surface area contributed by atoms with Crippen LogP contribution in [0.4, 0.5) is 0 Å². The van der Waals surface area contributed by atoms with Crippen LogP contribution in [0.1, 0.15) is 25.7 Å². The third kappa shape index (κ3) is 5.48. The molecule has 1 rings (SSSR count). The molecule has 5 heteroatoms. The van der Waals surface area contributed by atoms with Gasteiger partial charge < -0.3 is 20.5 Å². The summed E-state index contributed by atoms with van der Waals surface area (Å²) in [6.07, 6.45) is 3.76. The molecule has 0 aromatic heterocycles. The number of carbonyl (C=O) groups is 1. The lowest BCUT2D eigenvalue weighted by atomic mass is 10.0. The Morgan fingerprint density at radius 1 is 1.35 bits per heavy atom. The molecular formula is C12H24N2O3. The van der Waals surface area contributed by atoms with E-state index in [1.807, 2.05) is 0 Å². The molecule has 17 heavy (non-hydrogen) atoms. The van der Waals surface area contributed by atoms with Crippen molar-refractivity contribution in [1.29, 1.82) is 0 Å². The van der Waals surface area contributed by atoms with Crippen molar-refractivity contribution in [1.82, 2.24) is 5.32 Å². The van der Waals surface area contributed by atoms with Crippen LogP contribution in [0.15, 0.2) is 0 Å². The van der Waals surface area contributed by atoms with Crippen LogP contribution in [-0.4, -0.2) is 45.4 Å². The van der Waals surface area contributed by atoms with Crippen molar-refractivity contribution >= 4 is 5.91 Å². The van der Waals surface area contributed by atoms with Crippen LogP contribution in [0.5, 0.6) is 0 Å². The van der Waals surface area contributed by atoms with Gasteiger partial charge in [0.2, 0.25) is 5.91 Å². The van der Waals surface area contributed by atoms with Gasteiger partial charge in [-0.25, -0.2) is 0 Å². The molecule has 100 valence electrons. The predicted octanol–water partition coefficient (Wildman–Crippen LogP) is 0.283. The van der Waals surface area contributed by atoms with Gasteiger partial charge in [0.15, 0.2) is 0 Å². The van der Waals surface area contributed by atoms with Crippen LogP contribution in [0.25, 0.3) is 0 Å². The molecule has 1 saturated carbocycles. The van der Waals surface area contributed by atoms with Crippen LogP contribution >= 0.6 is 0 Å². The standard InChI is InChI=1S/C12H24N2O3/c1-16-7-8-17-6-5-12(15)14-11-4-2-3-10(11)9-13/h10-11H,2-9,13H2,1H3,(H,14,15). The summed E-state index contributed by atoms with van der Waals surface area (Å²) in [7, 11) is 1.63. The van der Waals surface area contributed by atoms with Crippen molar-refractivity contribution in [2.75, 3.05) is 33.5 Å². The second-order valence-corrected chi connectivity index (χ2v) is 4.46. The zero-order valence-corrected chi connectivity index (χ0v) is 10.6. The van der Waals surface area contributed by atoms with Crippen molar-refractivity contribution in [3.05, 3.63) is 0 Å². The topological polar surface area (TPSA) is 73.6 Å². The molecule has 0 aliphatic heterocycles. The van der Waals surface area contributed by atoms with E-state index in [-0.39, 0.29) is 11.9 Å². The first-order valence-corrected chi connectivity index (χ1v) is 6.34. The highest BCUT2D eigenvalue weighted by molar-refractivity contribution is 5.76. The second kappa shape index (κ2) is 8.44. The molecule has 5 nitrogen and oxygen atoms in total. The van der Waals surface area contributed by atoms with E-state index in [2.05, 4.69) is 5.32 Å². The number of ether oxygens (including phenoxy) is 2. The van der Waals surface area contributed by atoms with Crippen LogP contribution in [0.3, 0.4) is 0 Å². The number of nitrogens with two attached hydrogens (primary N) is 1. The average Bonchev–Trinajstić information content (AvgIpc) is 2.76. The highest BCUT2D eigenvalue weighted by Crippen LogP contribution is 2.24. The van der Waals surface area contributed by atoms with Gasteiger partial charge in [0.25, 0.3) is 0 Å². The minimum atomic E-state index is 0.0627. The van der Waals surface area contributed by atoms with Crippen molar-refractivity contribution in [2.45, 2.75) is 31.7 Å². The van der Waals surface area contributed by atoms with Crippen molar-refractivity contribution in [3.63, 3.8) is 0 Å². The van der Waals surface area contributed by atoms with E-state index in [0.29, 0.717) is 38.7 Å². The molecule has 0 bridgehead atoms. The van der Waals surface area contributed by atoms with Gasteiger partial charge >= 0.3 is 0 Å². The van der Waals surface area contributed by atoms with Gasteiger partial charge in [0.1, 0.15) is 0 Å². The maximum atomic E-state index is 11.6. The van der Waals surface area contributed by atoms with E-state index < -0.39 is 0 Å². The van der Waals surface area contributed by atoms with Gasteiger partial charge in [-0.1, -0.05) is 6.42 Å². The van der Waals surface area contributed by atoms with Crippen molar-refractivity contribution in [3.8, 4) is 0 Å². The minimum Gasteiger partial charge on any atom is -0.382 e. The van der Waals surface area contributed by atoms with Gasteiger partial charge in [-0.2, -0.15) is 0 Å². The SMILES string of the molecule is COCCOCCC(=O)NC1CCCC1CN. The number of hydrogen-bond donors (Lipinski definition) is 2. The first kappa shape index (κ1) is 14.4. The molecule has 1 amide bonds. The van der Waals surface area contributed by atoms with E-state index in [0.717, 1.165) is 19.3 Å². The largest absolute Gasteiger partial charge is 0.382 e. The van der Waals surface area contributed by atoms with Gasteiger partial charge in [-0.15, -0.1) is 0 Å². The Labute approximate surface area is 103 Å². The molecule has 1 aliphatic carbocycles. The Balaban J connectivity index is 2.08. The Kier molecular flexibility index (Phi) is 7.16. The van der Waals surface area contributed by atoms with Crippen LogP contribution in [0.2, 0.25) is 0 Å². The molecular weight excluding hydrogens is 220 g/mol. The summed E-state index contributed by atoms with van der Waals surface area (Å²) in [4.78, 5) is 11.6. The number of amides is 1. The number of nitrogens with one attached hydrogen (secondary N) is 1. The Morgan fingerprint density at radius 2 is 2.18 bits per heavy atom. The first-order valence-electron chi connectivity index (χ1n) is 6.34. The number of methoxy groups -OCH3 is 1. The normalized spacial score (nSPS) is 23.9. The number of hydrogen-bond acceptors (Lipinski definition) is 4. The molecule has 0 saturated heterocycles.